The summed E-state index contributed by atoms with van der Waals surface area (Å²) in [6.07, 6.45) is 6.07. The number of fused-ring (bicyclic) bond motifs is 1. The van der Waals surface area contributed by atoms with Crippen LogP contribution in [0.1, 0.15) is 32.0 Å². The van der Waals surface area contributed by atoms with Gasteiger partial charge in [0.15, 0.2) is 11.6 Å². The van der Waals surface area contributed by atoms with Crippen molar-refractivity contribution in [2.24, 2.45) is 4.99 Å². The molecule has 1 unspecified atom stereocenters. The number of nitrogens with zero attached hydrogens (tertiary/aromatic N) is 5. The molecule has 3 heterocycles. The molecule has 1 atom stereocenters. The Kier molecular flexibility index (Phi) is 7.42. The molecule has 1 fully saturated rings. The average molecular weight is 436 g/mol. The van der Waals surface area contributed by atoms with E-state index >= 15 is 0 Å². The summed E-state index contributed by atoms with van der Waals surface area (Å²) in [6.45, 7) is 5.69. The van der Waals surface area contributed by atoms with Crippen LogP contribution in [0.15, 0.2) is 53.7 Å². The third-order valence-electron chi connectivity index (χ3n) is 5.74. The number of hydrogen-bond acceptors (Lipinski definition) is 5. The molecule has 1 saturated heterocycles. The van der Waals surface area contributed by atoms with Crippen LogP contribution in [-0.4, -0.2) is 59.9 Å². The van der Waals surface area contributed by atoms with Crippen LogP contribution in [0.2, 0.25) is 0 Å². The van der Waals surface area contributed by atoms with Crippen molar-refractivity contribution in [3.05, 3.63) is 54.5 Å². The highest BCUT2D eigenvalue weighted by Crippen LogP contribution is 2.24. The lowest BCUT2D eigenvalue weighted by Crippen LogP contribution is -2.51. The molecule has 4 rings (SSSR count). The van der Waals surface area contributed by atoms with E-state index < -0.39 is 0 Å². The van der Waals surface area contributed by atoms with E-state index in [1.807, 2.05) is 34.9 Å². The predicted molar refractivity (Wildman–Crippen MR) is 129 cm³/mol. The smallest absolute Gasteiger partial charge is 0.191 e. The summed E-state index contributed by atoms with van der Waals surface area (Å²) in [5.74, 6) is 2.76. The Morgan fingerprint density at radius 3 is 3.03 bits per heavy atom. The Labute approximate surface area is 189 Å². The van der Waals surface area contributed by atoms with Gasteiger partial charge in [0.25, 0.3) is 0 Å². The van der Waals surface area contributed by atoms with Crippen LogP contribution in [0, 0.1) is 0 Å². The molecular formula is C24H33N7O. The van der Waals surface area contributed by atoms with Gasteiger partial charge < -0.3 is 20.3 Å². The Morgan fingerprint density at radius 1 is 1.22 bits per heavy atom. The van der Waals surface area contributed by atoms with Gasteiger partial charge in [0.2, 0.25) is 0 Å². The molecule has 8 heteroatoms. The third-order valence-corrected chi connectivity index (χ3v) is 5.74. The second-order valence-electron chi connectivity index (χ2n) is 8.04. The molecule has 1 aliphatic heterocycles. The van der Waals surface area contributed by atoms with E-state index in [0.717, 1.165) is 75.0 Å². The van der Waals surface area contributed by atoms with Crippen LogP contribution in [-0.2, 0) is 6.42 Å². The Balaban J connectivity index is 1.32. The van der Waals surface area contributed by atoms with Crippen molar-refractivity contribution in [2.45, 2.75) is 38.6 Å². The molecule has 8 nitrogen and oxygen atoms in total. The molecule has 0 amide bonds. The maximum absolute atomic E-state index is 5.39. The fourth-order valence-electron chi connectivity index (χ4n) is 4.14. The number of aliphatic imine (C=N–C) groups is 1. The fraction of sp³-hybridized carbons (Fsp3) is 0.458. The molecule has 0 spiro atoms. The SMILES string of the molecule is CCNC(=NCCCc1nnc2ccccn12)NC1CCCN(c2cccc(OC)c2)C1. The van der Waals surface area contributed by atoms with Crippen LogP contribution in [0.25, 0.3) is 5.65 Å². The van der Waals surface area contributed by atoms with Crippen LogP contribution >= 0.6 is 0 Å². The number of rotatable bonds is 8. The van der Waals surface area contributed by atoms with E-state index in [2.05, 4.69) is 50.9 Å². The Hall–Kier alpha value is -3.29. The second-order valence-corrected chi connectivity index (χ2v) is 8.04. The van der Waals surface area contributed by atoms with Crippen LogP contribution < -0.4 is 20.3 Å². The van der Waals surface area contributed by atoms with Crippen LogP contribution in [0.3, 0.4) is 0 Å². The Morgan fingerprint density at radius 2 is 2.16 bits per heavy atom. The number of anilines is 1. The lowest BCUT2D eigenvalue weighted by atomic mass is 10.0. The predicted octanol–water partition coefficient (Wildman–Crippen LogP) is 2.89. The van der Waals surface area contributed by atoms with Gasteiger partial charge in [-0.3, -0.25) is 9.39 Å². The number of pyridine rings is 1. The van der Waals surface area contributed by atoms with Crippen LogP contribution in [0.4, 0.5) is 5.69 Å². The summed E-state index contributed by atoms with van der Waals surface area (Å²) in [6, 6.07) is 14.6. The zero-order chi connectivity index (χ0) is 22.2. The van der Waals surface area contributed by atoms with Gasteiger partial charge in [0.05, 0.1) is 7.11 Å². The molecule has 2 N–H and O–H groups in total. The van der Waals surface area contributed by atoms with E-state index in [4.69, 9.17) is 9.73 Å². The van der Waals surface area contributed by atoms with Crippen molar-refractivity contribution in [3.63, 3.8) is 0 Å². The summed E-state index contributed by atoms with van der Waals surface area (Å²) >= 11 is 0. The van der Waals surface area contributed by atoms with Crippen molar-refractivity contribution < 1.29 is 4.74 Å². The largest absolute Gasteiger partial charge is 0.497 e. The van der Waals surface area contributed by atoms with Crippen molar-refractivity contribution in [1.29, 1.82) is 0 Å². The zero-order valence-corrected chi connectivity index (χ0v) is 19.0. The highest BCUT2D eigenvalue weighted by atomic mass is 16.5. The molecule has 2 aromatic heterocycles. The lowest BCUT2D eigenvalue weighted by Gasteiger charge is -2.35. The van der Waals surface area contributed by atoms with Gasteiger partial charge in [-0.25, -0.2) is 0 Å². The molecule has 0 aliphatic carbocycles. The molecule has 1 aliphatic rings. The normalized spacial score (nSPS) is 16.9. The van der Waals surface area contributed by atoms with E-state index in [9.17, 15) is 0 Å². The molecule has 0 radical (unpaired) electrons. The van der Waals surface area contributed by atoms with Gasteiger partial charge in [-0.05, 0) is 50.5 Å². The Bertz CT molecular complexity index is 1030. The van der Waals surface area contributed by atoms with E-state index in [-0.39, 0.29) is 0 Å². The number of guanidine groups is 1. The molecule has 0 bridgehead atoms. The highest BCUT2D eigenvalue weighted by Gasteiger charge is 2.21. The quantitative estimate of drug-likeness (QED) is 0.322. The maximum Gasteiger partial charge on any atom is 0.191 e. The first kappa shape index (κ1) is 21.9. The minimum atomic E-state index is 0.355. The average Bonchev–Trinajstić information content (AvgIpc) is 3.25. The van der Waals surface area contributed by atoms with Crippen molar-refractivity contribution >= 4 is 17.3 Å². The summed E-state index contributed by atoms with van der Waals surface area (Å²) in [5.41, 5.74) is 2.09. The van der Waals surface area contributed by atoms with Crippen LogP contribution in [0.5, 0.6) is 5.75 Å². The van der Waals surface area contributed by atoms with Gasteiger partial charge in [-0.2, -0.15) is 0 Å². The van der Waals surface area contributed by atoms with Gasteiger partial charge in [-0.15, -0.1) is 10.2 Å². The zero-order valence-electron chi connectivity index (χ0n) is 19.0. The molecule has 3 aromatic rings. The summed E-state index contributed by atoms with van der Waals surface area (Å²) in [5, 5.41) is 15.6. The number of aromatic nitrogens is 3. The summed E-state index contributed by atoms with van der Waals surface area (Å²) < 4.78 is 7.44. The molecule has 0 saturated carbocycles. The number of methoxy groups -OCH3 is 1. The molecule has 32 heavy (non-hydrogen) atoms. The monoisotopic (exact) mass is 435 g/mol. The number of aryl methyl sites for hydroxylation is 1. The van der Waals surface area contributed by atoms with E-state index in [1.165, 1.54) is 5.69 Å². The highest BCUT2D eigenvalue weighted by molar-refractivity contribution is 5.80. The number of piperidine rings is 1. The van der Waals surface area contributed by atoms with Crippen molar-refractivity contribution in [2.75, 3.05) is 38.2 Å². The van der Waals surface area contributed by atoms with Gasteiger partial charge in [-0.1, -0.05) is 12.1 Å². The van der Waals surface area contributed by atoms with Crippen molar-refractivity contribution in [1.82, 2.24) is 25.2 Å². The molecule has 170 valence electrons. The van der Waals surface area contributed by atoms with Gasteiger partial charge in [0, 0.05) is 56.6 Å². The lowest BCUT2D eigenvalue weighted by molar-refractivity contribution is 0.414. The number of hydrogen-bond donors (Lipinski definition) is 2. The minimum Gasteiger partial charge on any atom is -0.497 e. The molecule has 1 aromatic carbocycles. The number of benzene rings is 1. The van der Waals surface area contributed by atoms with E-state index in [1.54, 1.807) is 7.11 Å². The van der Waals surface area contributed by atoms with Crippen molar-refractivity contribution in [3.8, 4) is 5.75 Å². The van der Waals surface area contributed by atoms with E-state index in [0.29, 0.717) is 6.04 Å². The summed E-state index contributed by atoms with van der Waals surface area (Å²) in [7, 11) is 1.71. The molecular weight excluding hydrogens is 402 g/mol. The van der Waals surface area contributed by atoms with Gasteiger partial charge in [0.1, 0.15) is 11.6 Å². The summed E-state index contributed by atoms with van der Waals surface area (Å²) in [4.78, 5) is 7.23. The maximum atomic E-state index is 5.39. The minimum absolute atomic E-state index is 0.355. The second kappa shape index (κ2) is 10.8. The first-order valence-electron chi connectivity index (χ1n) is 11.5. The standard InChI is InChI=1S/C24H33N7O/c1-3-25-24(26-14-7-13-23-29-28-22-12-4-5-16-31(22)23)27-19-9-8-15-30(18-19)20-10-6-11-21(17-20)32-2/h4-6,10-12,16-17,19H,3,7-9,13-15,18H2,1-2H3,(H2,25,26,27). The first-order valence-corrected chi connectivity index (χ1v) is 11.5. The number of ether oxygens (including phenoxy) is 1. The fourth-order valence-corrected chi connectivity index (χ4v) is 4.14. The number of nitrogens with one attached hydrogen (secondary N) is 2. The first-order chi connectivity index (χ1) is 15.8. The van der Waals surface area contributed by atoms with Gasteiger partial charge >= 0.3 is 0 Å². The third kappa shape index (κ3) is 5.49. The topological polar surface area (TPSA) is 79.1 Å².